The van der Waals surface area contributed by atoms with Gasteiger partial charge in [0.1, 0.15) is 0 Å². The topological polar surface area (TPSA) is 67.2 Å². The van der Waals surface area contributed by atoms with Gasteiger partial charge in [-0.1, -0.05) is 23.7 Å². The summed E-state index contributed by atoms with van der Waals surface area (Å²) in [5.41, 5.74) is 0.810. The van der Waals surface area contributed by atoms with Crippen LogP contribution >= 0.6 is 11.6 Å². The maximum atomic E-state index is 12.1. The lowest BCUT2D eigenvalue weighted by molar-refractivity contribution is -0.122. The number of nitrogens with one attached hydrogen (secondary N) is 2. The SMILES string of the molecule is CC1NCCCC1NC(=O)CCc1ncc(-c2ccccc2Cl)o1. The molecular formula is C18H22ClN3O2. The maximum Gasteiger partial charge on any atom is 0.220 e. The Balaban J connectivity index is 1.54. The van der Waals surface area contributed by atoms with Crippen LogP contribution in [0, 0.1) is 0 Å². The van der Waals surface area contributed by atoms with Crippen LogP contribution in [0.4, 0.5) is 0 Å². The lowest BCUT2D eigenvalue weighted by atomic mass is 10.00. The molecule has 1 aliphatic heterocycles. The molecule has 2 atom stereocenters. The molecule has 6 heteroatoms. The van der Waals surface area contributed by atoms with Gasteiger partial charge in [-0.25, -0.2) is 4.98 Å². The van der Waals surface area contributed by atoms with Crippen molar-refractivity contribution >= 4 is 17.5 Å². The average Bonchev–Trinajstić information content (AvgIpc) is 3.04. The molecule has 2 aromatic rings. The Morgan fingerprint density at radius 1 is 1.46 bits per heavy atom. The van der Waals surface area contributed by atoms with E-state index >= 15 is 0 Å². The van der Waals surface area contributed by atoms with E-state index < -0.39 is 0 Å². The number of aryl methyl sites for hydroxylation is 1. The zero-order chi connectivity index (χ0) is 16.9. The molecule has 24 heavy (non-hydrogen) atoms. The molecule has 0 radical (unpaired) electrons. The van der Waals surface area contributed by atoms with Gasteiger partial charge in [0.25, 0.3) is 0 Å². The number of nitrogens with zero attached hydrogens (tertiary/aromatic N) is 1. The summed E-state index contributed by atoms with van der Waals surface area (Å²) in [4.78, 5) is 16.4. The fourth-order valence-corrected chi connectivity index (χ4v) is 3.18. The van der Waals surface area contributed by atoms with Crippen molar-refractivity contribution in [2.24, 2.45) is 0 Å². The first kappa shape index (κ1) is 17.0. The fraction of sp³-hybridized carbons (Fsp3) is 0.444. The molecule has 5 nitrogen and oxygen atoms in total. The fourth-order valence-electron chi connectivity index (χ4n) is 2.95. The molecule has 1 aromatic carbocycles. The highest BCUT2D eigenvalue weighted by Crippen LogP contribution is 2.28. The summed E-state index contributed by atoms with van der Waals surface area (Å²) in [5.74, 6) is 1.21. The number of hydrogen-bond acceptors (Lipinski definition) is 4. The minimum absolute atomic E-state index is 0.0352. The Kier molecular flexibility index (Phi) is 5.53. The molecule has 3 rings (SSSR count). The van der Waals surface area contributed by atoms with Gasteiger partial charge in [0.15, 0.2) is 11.7 Å². The Labute approximate surface area is 146 Å². The van der Waals surface area contributed by atoms with Crippen LogP contribution in [0.2, 0.25) is 5.02 Å². The van der Waals surface area contributed by atoms with Crippen molar-refractivity contribution in [3.8, 4) is 11.3 Å². The van der Waals surface area contributed by atoms with E-state index in [2.05, 4.69) is 22.5 Å². The molecule has 0 bridgehead atoms. The van der Waals surface area contributed by atoms with Crippen molar-refractivity contribution in [1.82, 2.24) is 15.6 Å². The highest BCUT2D eigenvalue weighted by Gasteiger charge is 2.22. The summed E-state index contributed by atoms with van der Waals surface area (Å²) >= 11 is 6.16. The van der Waals surface area contributed by atoms with E-state index in [1.54, 1.807) is 6.20 Å². The van der Waals surface area contributed by atoms with Crippen molar-refractivity contribution in [3.63, 3.8) is 0 Å². The van der Waals surface area contributed by atoms with Crippen molar-refractivity contribution in [3.05, 3.63) is 41.4 Å². The van der Waals surface area contributed by atoms with Crippen LogP contribution in [0.25, 0.3) is 11.3 Å². The van der Waals surface area contributed by atoms with E-state index in [1.165, 1.54) is 0 Å². The van der Waals surface area contributed by atoms with Crippen LogP contribution < -0.4 is 10.6 Å². The van der Waals surface area contributed by atoms with Crippen LogP contribution in [0.1, 0.15) is 32.1 Å². The molecule has 1 aliphatic rings. The van der Waals surface area contributed by atoms with E-state index in [4.69, 9.17) is 16.0 Å². The van der Waals surface area contributed by atoms with Crippen molar-refractivity contribution < 1.29 is 9.21 Å². The number of oxazole rings is 1. The Hall–Kier alpha value is -1.85. The lowest BCUT2D eigenvalue weighted by Crippen LogP contribution is -2.51. The zero-order valence-corrected chi connectivity index (χ0v) is 14.5. The van der Waals surface area contributed by atoms with Crippen LogP contribution in [-0.4, -0.2) is 29.5 Å². The number of carbonyl (C=O) groups excluding carboxylic acids is 1. The molecular weight excluding hydrogens is 326 g/mol. The normalized spacial score (nSPS) is 20.8. The molecule has 0 saturated carbocycles. The van der Waals surface area contributed by atoms with Crippen LogP contribution in [0.15, 0.2) is 34.9 Å². The molecule has 2 unspecified atom stereocenters. The molecule has 1 aromatic heterocycles. The lowest BCUT2D eigenvalue weighted by Gasteiger charge is -2.30. The summed E-state index contributed by atoms with van der Waals surface area (Å²) in [5, 5.41) is 7.10. The van der Waals surface area contributed by atoms with Gasteiger partial charge in [0, 0.05) is 30.5 Å². The monoisotopic (exact) mass is 347 g/mol. The third kappa shape index (κ3) is 4.16. The van der Waals surface area contributed by atoms with Crippen molar-refractivity contribution in [1.29, 1.82) is 0 Å². The van der Waals surface area contributed by atoms with Gasteiger partial charge in [-0.15, -0.1) is 0 Å². The summed E-state index contributed by atoms with van der Waals surface area (Å²) < 4.78 is 5.72. The molecule has 0 spiro atoms. The predicted octanol–water partition coefficient (Wildman–Crippen LogP) is 3.18. The smallest absolute Gasteiger partial charge is 0.220 e. The number of carbonyl (C=O) groups is 1. The molecule has 128 valence electrons. The quantitative estimate of drug-likeness (QED) is 0.871. The van der Waals surface area contributed by atoms with Crippen LogP contribution in [0.3, 0.4) is 0 Å². The minimum atomic E-state index is 0.0352. The van der Waals surface area contributed by atoms with E-state index in [-0.39, 0.29) is 11.9 Å². The third-order valence-electron chi connectivity index (χ3n) is 4.37. The first-order chi connectivity index (χ1) is 11.6. The van der Waals surface area contributed by atoms with Gasteiger partial charge in [-0.3, -0.25) is 4.79 Å². The molecule has 2 heterocycles. The number of amides is 1. The number of piperidine rings is 1. The van der Waals surface area contributed by atoms with Crippen LogP contribution in [-0.2, 0) is 11.2 Å². The van der Waals surface area contributed by atoms with Gasteiger partial charge in [0.2, 0.25) is 5.91 Å². The highest BCUT2D eigenvalue weighted by atomic mass is 35.5. The number of halogens is 1. The summed E-state index contributed by atoms with van der Waals surface area (Å²) in [7, 11) is 0. The van der Waals surface area contributed by atoms with Crippen molar-refractivity contribution in [2.45, 2.75) is 44.7 Å². The largest absolute Gasteiger partial charge is 0.441 e. The van der Waals surface area contributed by atoms with Crippen molar-refractivity contribution in [2.75, 3.05) is 6.54 Å². The summed E-state index contributed by atoms with van der Waals surface area (Å²) in [6.45, 7) is 3.13. The van der Waals surface area contributed by atoms with Gasteiger partial charge < -0.3 is 15.1 Å². The number of hydrogen-bond donors (Lipinski definition) is 2. The van der Waals surface area contributed by atoms with Gasteiger partial charge >= 0.3 is 0 Å². The third-order valence-corrected chi connectivity index (χ3v) is 4.70. The van der Waals surface area contributed by atoms with E-state index in [0.717, 1.165) is 24.9 Å². The maximum absolute atomic E-state index is 12.1. The average molecular weight is 348 g/mol. The highest BCUT2D eigenvalue weighted by molar-refractivity contribution is 6.33. The Bertz CT molecular complexity index is 701. The predicted molar refractivity (Wildman–Crippen MR) is 93.9 cm³/mol. The molecule has 0 aliphatic carbocycles. The summed E-state index contributed by atoms with van der Waals surface area (Å²) in [6, 6.07) is 7.98. The van der Waals surface area contributed by atoms with E-state index in [0.29, 0.717) is 35.6 Å². The number of rotatable bonds is 5. The van der Waals surface area contributed by atoms with Gasteiger partial charge in [-0.05, 0) is 38.4 Å². The first-order valence-corrected chi connectivity index (χ1v) is 8.73. The standard InChI is InChI=1S/C18H22ClN3O2/c1-12-15(7-4-10-20-12)22-17(23)8-9-18-21-11-16(24-18)13-5-2-3-6-14(13)19/h2-3,5-6,11-12,15,20H,4,7-10H2,1H3,(H,22,23). The second-order valence-electron chi connectivity index (χ2n) is 6.16. The number of aromatic nitrogens is 1. The Morgan fingerprint density at radius 3 is 3.08 bits per heavy atom. The second kappa shape index (κ2) is 7.81. The van der Waals surface area contributed by atoms with Gasteiger partial charge in [-0.2, -0.15) is 0 Å². The van der Waals surface area contributed by atoms with E-state index in [9.17, 15) is 4.79 Å². The second-order valence-corrected chi connectivity index (χ2v) is 6.56. The molecule has 1 amide bonds. The minimum Gasteiger partial charge on any atom is -0.441 e. The van der Waals surface area contributed by atoms with Gasteiger partial charge in [0.05, 0.1) is 11.2 Å². The summed E-state index contributed by atoms with van der Waals surface area (Å²) in [6.07, 6.45) is 4.61. The molecule has 1 fully saturated rings. The van der Waals surface area contributed by atoms with E-state index in [1.807, 2.05) is 24.3 Å². The Morgan fingerprint density at radius 2 is 2.29 bits per heavy atom. The number of benzene rings is 1. The first-order valence-electron chi connectivity index (χ1n) is 8.36. The zero-order valence-electron chi connectivity index (χ0n) is 13.7. The molecule has 1 saturated heterocycles. The molecule has 2 N–H and O–H groups in total. The van der Waals surface area contributed by atoms with Crippen LogP contribution in [0.5, 0.6) is 0 Å².